The number of aliphatic hydroxyl groups is 1. The molecule has 0 aromatic carbocycles. The fourth-order valence-corrected chi connectivity index (χ4v) is 9.07. The third-order valence-corrected chi connectivity index (χ3v) is 10.8. The largest absolute Gasteiger partial charge is 0.393 e. The number of allylic oxidation sites excluding steroid dienone is 1. The molecule has 30 heavy (non-hydrogen) atoms. The fourth-order valence-electron chi connectivity index (χ4n) is 9.07. The molecule has 0 aromatic heterocycles. The lowest BCUT2D eigenvalue weighted by molar-refractivity contribution is -0.136. The van der Waals surface area contributed by atoms with Gasteiger partial charge in [0.2, 0.25) is 0 Å². The maximum atomic E-state index is 13.3. The van der Waals surface area contributed by atoms with Gasteiger partial charge >= 0.3 is 0 Å². The van der Waals surface area contributed by atoms with Crippen LogP contribution in [-0.2, 0) is 4.79 Å². The highest BCUT2D eigenvalue weighted by Crippen LogP contribution is 2.67. The van der Waals surface area contributed by atoms with Crippen LogP contribution in [-0.4, -0.2) is 35.0 Å². The summed E-state index contributed by atoms with van der Waals surface area (Å²) < 4.78 is 0. The second kappa shape index (κ2) is 7.94. The maximum absolute atomic E-state index is 13.3. The molecule has 3 heteroatoms. The van der Waals surface area contributed by atoms with Crippen molar-refractivity contribution in [1.29, 1.82) is 0 Å². The first kappa shape index (κ1) is 21.0. The molecular weight excluding hydrogens is 370 g/mol. The molecule has 4 saturated carbocycles. The van der Waals surface area contributed by atoms with Gasteiger partial charge in [-0.15, -0.1) is 0 Å². The van der Waals surface area contributed by atoms with Crippen LogP contribution >= 0.6 is 0 Å². The van der Waals surface area contributed by atoms with Gasteiger partial charge in [-0.3, -0.25) is 4.79 Å². The molecule has 1 aliphatic heterocycles. The van der Waals surface area contributed by atoms with E-state index in [1.54, 1.807) is 0 Å². The van der Waals surface area contributed by atoms with Crippen molar-refractivity contribution in [3.05, 3.63) is 12.3 Å². The zero-order valence-corrected chi connectivity index (χ0v) is 19.3. The molecule has 1 heterocycles. The second-order valence-corrected chi connectivity index (χ2v) is 12.1. The maximum Gasteiger partial charge on any atom is 0.160 e. The van der Waals surface area contributed by atoms with Crippen molar-refractivity contribution in [3.8, 4) is 0 Å². The molecule has 0 bridgehead atoms. The van der Waals surface area contributed by atoms with E-state index in [4.69, 9.17) is 0 Å². The van der Waals surface area contributed by atoms with Crippen LogP contribution in [0.3, 0.4) is 0 Å². The molecule has 1 N–H and O–H groups in total. The van der Waals surface area contributed by atoms with Gasteiger partial charge in [-0.05, 0) is 118 Å². The van der Waals surface area contributed by atoms with Crippen LogP contribution in [0.5, 0.6) is 0 Å². The summed E-state index contributed by atoms with van der Waals surface area (Å²) in [6.45, 7) is 7.26. The average molecular weight is 414 g/mol. The van der Waals surface area contributed by atoms with E-state index in [2.05, 4.69) is 24.9 Å². The molecule has 0 spiro atoms. The second-order valence-electron chi connectivity index (χ2n) is 12.1. The topological polar surface area (TPSA) is 40.5 Å². The molecule has 0 radical (unpaired) electrons. The van der Waals surface area contributed by atoms with Gasteiger partial charge in [-0.2, -0.15) is 0 Å². The number of carbonyl (C=O) groups is 1. The SMILES string of the molecule is C[C@]12CC[C@H](O)C[C@@H]1CC[C@@H]1[C@@H]2CC[C@]2(C)[C@@H](C(=O)/C=C/N3CCCCC3)CC[C@@H]12. The van der Waals surface area contributed by atoms with Crippen molar-refractivity contribution >= 4 is 5.78 Å². The van der Waals surface area contributed by atoms with Crippen LogP contribution < -0.4 is 0 Å². The molecule has 168 valence electrons. The van der Waals surface area contributed by atoms with Gasteiger partial charge in [0.1, 0.15) is 0 Å². The third kappa shape index (κ3) is 3.38. The van der Waals surface area contributed by atoms with E-state index in [0.717, 1.165) is 56.0 Å². The van der Waals surface area contributed by atoms with Gasteiger partial charge in [0, 0.05) is 25.2 Å². The smallest absolute Gasteiger partial charge is 0.160 e. The number of ketones is 1. The normalized spacial score (nSPS) is 48.8. The highest BCUT2D eigenvalue weighted by atomic mass is 16.3. The van der Waals surface area contributed by atoms with Crippen LogP contribution in [0.1, 0.15) is 90.9 Å². The zero-order chi connectivity index (χ0) is 20.9. The molecule has 0 unspecified atom stereocenters. The van der Waals surface area contributed by atoms with Gasteiger partial charge < -0.3 is 10.0 Å². The lowest BCUT2D eigenvalue weighted by Gasteiger charge is -2.60. The predicted octanol–water partition coefficient (Wildman–Crippen LogP) is 5.57. The van der Waals surface area contributed by atoms with Crippen LogP contribution in [0, 0.1) is 40.4 Å². The molecule has 0 aromatic rings. The van der Waals surface area contributed by atoms with Gasteiger partial charge in [0.25, 0.3) is 0 Å². The number of carbonyl (C=O) groups excluding carboxylic acids is 1. The van der Waals surface area contributed by atoms with E-state index in [-0.39, 0.29) is 17.4 Å². The quantitative estimate of drug-likeness (QED) is 0.615. The predicted molar refractivity (Wildman–Crippen MR) is 121 cm³/mol. The number of aliphatic hydroxyl groups excluding tert-OH is 1. The minimum absolute atomic E-state index is 0.0614. The highest BCUT2D eigenvalue weighted by molar-refractivity contribution is 5.92. The molecule has 1 saturated heterocycles. The lowest BCUT2D eigenvalue weighted by Crippen LogP contribution is -2.54. The summed E-state index contributed by atoms with van der Waals surface area (Å²) in [5.74, 6) is 3.73. The summed E-state index contributed by atoms with van der Waals surface area (Å²) >= 11 is 0. The molecule has 8 atom stereocenters. The number of fused-ring (bicyclic) bond motifs is 5. The Labute approximate surface area is 183 Å². The van der Waals surface area contributed by atoms with Gasteiger partial charge in [-0.1, -0.05) is 13.8 Å². The Bertz CT molecular complexity index is 682. The van der Waals surface area contributed by atoms with Gasteiger partial charge in [0.05, 0.1) is 6.10 Å². The zero-order valence-electron chi connectivity index (χ0n) is 19.3. The standard InChI is InChI=1S/C27H43NO2/c1-26-13-10-20(29)18-19(26)6-7-21-22-8-9-24(27(22,2)14-11-23(21)26)25(30)12-17-28-15-4-3-5-16-28/h12,17,19-24,29H,3-11,13-16,18H2,1-2H3/b17-12+/t19-,20-,21-,22-,23-,24+,26-,27-/m0/s1. The van der Waals surface area contributed by atoms with Crippen LogP contribution in [0.25, 0.3) is 0 Å². The molecule has 3 nitrogen and oxygen atoms in total. The Hall–Kier alpha value is -0.830. The van der Waals surface area contributed by atoms with Crippen molar-refractivity contribution in [2.24, 2.45) is 40.4 Å². The summed E-state index contributed by atoms with van der Waals surface area (Å²) in [5.41, 5.74) is 0.640. The van der Waals surface area contributed by atoms with Crippen LogP contribution in [0.2, 0.25) is 0 Å². The molecule has 5 fully saturated rings. The number of likely N-dealkylation sites (tertiary alicyclic amines) is 1. The molecular formula is C27H43NO2. The summed E-state index contributed by atoms with van der Waals surface area (Å²) in [4.78, 5) is 15.6. The van der Waals surface area contributed by atoms with E-state index >= 15 is 0 Å². The van der Waals surface area contributed by atoms with Crippen molar-refractivity contribution in [2.45, 2.75) is 97.0 Å². The van der Waals surface area contributed by atoms with E-state index < -0.39 is 0 Å². The highest BCUT2D eigenvalue weighted by Gasteiger charge is 2.60. The Morgan fingerprint density at radius 2 is 1.63 bits per heavy atom. The summed E-state index contributed by atoms with van der Waals surface area (Å²) in [5, 5.41) is 10.2. The Balaban J connectivity index is 1.30. The van der Waals surface area contributed by atoms with Crippen molar-refractivity contribution in [1.82, 2.24) is 4.90 Å². The van der Waals surface area contributed by atoms with Gasteiger partial charge in [0.15, 0.2) is 5.78 Å². The van der Waals surface area contributed by atoms with Crippen molar-refractivity contribution in [3.63, 3.8) is 0 Å². The summed E-state index contributed by atoms with van der Waals surface area (Å²) in [6.07, 6.45) is 18.6. The Morgan fingerprint density at radius 3 is 2.43 bits per heavy atom. The summed E-state index contributed by atoms with van der Waals surface area (Å²) in [7, 11) is 0. The molecule has 4 aliphatic carbocycles. The number of hydrogen-bond acceptors (Lipinski definition) is 3. The molecule has 5 rings (SSSR count). The van der Waals surface area contributed by atoms with E-state index in [1.165, 1.54) is 57.8 Å². The number of piperidine rings is 1. The number of rotatable bonds is 3. The number of hydrogen-bond donors (Lipinski definition) is 1. The molecule has 0 amide bonds. The third-order valence-electron chi connectivity index (χ3n) is 10.8. The monoisotopic (exact) mass is 413 g/mol. The first-order valence-electron chi connectivity index (χ1n) is 13.1. The van der Waals surface area contributed by atoms with Crippen LogP contribution in [0.4, 0.5) is 0 Å². The average Bonchev–Trinajstić information content (AvgIpc) is 3.10. The minimum Gasteiger partial charge on any atom is -0.393 e. The van der Waals surface area contributed by atoms with Gasteiger partial charge in [-0.25, -0.2) is 0 Å². The minimum atomic E-state index is -0.0614. The van der Waals surface area contributed by atoms with Crippen LogP contribution in [0.15, 0.2) is 12.3 Å². The Morgan fingerprint density at radius 1 is 0.900 bits per heavy atom. The number of nitrogens with zero attached hydrogens (tertiary/aromatic N) is 1. The molecule has 5 aliphatic rings. The Kier molecular flexibility index (Phi) is 5.57. The first-order chi connectivity index (χ1) is 14.4. The van der Waals surface area contributed by atoms with Crippen molar-refractivity contribution in [2.75, 3.05) is 13.1 Å². The lowest BCUT2D eigenvalue weighted by atomic mass is 9.44. The van der Waals surface area contributed by atoms with E-state index in [0.29, 0.717) is 11.2 Å². The van der Waals surface area contributed by atoms with E-state index in [9.17, 15) is 9.90 Å². The van der Waals surface area contributed by atoms with E-state index in [1.807, 2.05) is 6.08 Å². The van der Waals surface area contributed by atoms with Crippen molar-refractivity contribution < 1.29 is 9.90 Å². The fraction of sp³-hybridized carbons (Fsp3) is 0.889. The first-order valence-corrected chi connectivity index (χ1v) is 13.1. The summed E-state index contributed by atoms with van der Waals surface area (Å²) in [6, 6.07) is 0.